The second-order valence-electron chi connectivity index (χ2n) is 5.62. The molecule has 2 saturated heterocycles. The van der Waals surface area contributed by atoms with E-state index >= 15 is 0 Å². The SMILES string of the molecule is COC(=O)C(NP1(=O)NCC2CCCCN21)C(C)C. The van der Waals surface area contributed by atoms with Crippen molar-refractivity contribution in [2.75, 3.05) is 20.2 Å². The summed E-state index contributed by atoms with van der Waals surface area (Å²) in [4.78, 5) is 11.8. The van der Waals surface area contributed by atoms with Gasteiger partial charge in [-0.25, -0.2) is 14.8 Å². The Hall–Kier alpha value is -0.420. The molecule has 110 valence electrons. The van der Waals surface area contributed by atoms with Gasteiger partial charge in [-0.1, -0.05) is 20.3 Å². The van der Waals surface area contributed by atoms with Crippen LogP contribution in [0.3, 0.4) is 0 Å². The maximum atomic E-state index is 13.0. The summed E-state index contributed by atoms with van der Waals surface area (Å²) in [6.45, 7) is 5.40. The van der Waals surface area contributed by atoms with Crippen molar-refractivity contribution >= 4 is 13.6 Å². The van der Waals surface area contributed by atoms with Crippen LogP contribution in [0.2, 0.25) is 0 Å². The Morgan fingerprint density at radius 2 is 2.21 bits per heavy atom. The molecule has 0 bridgehead atoms. The van der Waals surface area contributed by atoms with Crippen molar-refractivity contribution in [3.63, 3.8) is 0 Å². The number of fused-ring (bicyclic) bond motifs is 1. The molecule has 0 saturated carbocycles. The quantitative estimate of drug-likeness (QED) is 0.601. The van der Waals surface area contributed by atoms with Gasteiger partial charge in [-0.05, 0) is 18.8 Å². The van der Waals surface area contributed by atoms with Crippen LogP contribution in [0, 0.1) is 5.92 Å². The monoisotopic (exact) mass is 289 g/mol. The number of ether oxygens (including phenoxy) is 1. The summed E-state index contributed by atoms with van der Waals surface area (Å²) < 4.78 is 19.8. The van der Waals surface area contributed by atoms with E-state index in [4.69, 9.17) is 4.74 Å². The molecule has 0 aromatic carbocycles. The van der Waals surface area contributed by atoms with Crippen molar-refractivity contribution in [2.45, 2.75) is 45.2 Å². The second-order valence-corrected chi connectivity index (χ2v) is 7.87. The lowest BCUT2D eigenvalue weighted by Crippen LogP contribution is -2.45. The number of hydrogen-bond acceptors (Lipinski definition) is 3. The molecule has 2 fully saturated rings. The molecule has 3 unspecified atom stereocenters. The summed E-state index contributed by atoms with van der Waals surface area (Å²) in [6.07, 6.45) is 3.32. The first-order valence-electron chi connectivity index (χ1n) is 6.96. The van der Waals surface area contributed by atoms with Gasteiger partial charge in [-0.15, -0.1) is 0 Å². The zero-order valence-corrected chi connectivity index (χ0v) is 12.8. The normalized spacial score (nSPS) is 33.2. The third-order valence-corrected chi connectivity index (χ3v) is 6.42. The Bertz CT molecular complexity index is 388. The Morgan fingerprint density at radius 1 is 1.47 bits per heavy atom. The number of carbonyl (C=O) groups is 1. The van der Waals surface area contributed by atoms with E-state index in [0.29, 0.717) is 6.04 Å². The fourth-order valence-corrected chi connectivity index (χ4v) is 5.53. The molecule has 7 heteroatoms. The van der Waals surface area contributed by atoms with Crippen molar-refractivity contribution in [2.24, 2.45) is 5.92 Å². The molecule has 0 radical (unpaired) electrons. The smallest absolute Gasteiger partial charge is 0.323 e. The van der Waals surface area contributed by atoms with Gasteiger partial charge < -0.3 is 4.74 Å². The van der Waals surface area contributed by atoms with Crippen LogP contribution >= 0.6 is 7.59 Å². The molecule has 0 aliphatic carbocycles. The van der Waals surface area contributed by atoms with Crippen molar-refractivity contribution in [1.29, 1.82) is 0 Å². The van der Waals surface area contributed by atoms with Crippen LogP contribution in [0.25, 0.3) is 0 Å². The van der Waals surface area contributed by atoms with Crippen molar-refractivity contribution in [3.05, 3.63) is 0 Å². The third kappa shape index (κ3) is 3.02. The molecule has 3 atom stereocenters. The topological polar surface area (TPSA) is 70.7 Å². The lowest BCUT2D eigenvalue weighted by atomic mass is 10.1. The van der Waals surface area contributed by atoms with E-state index in [0.717, 1.165) is 25.9 Å². The van der Waals surface area contributed by atoms with Gasteiger partial charge in [-0.3, -0.25) is 9.36 Å². The molecule has 0 aromatic heterocycles. The molecule has 19 heavy (non-hydrogen) atoms. The molecular weight excluding hydrogens is 265 g/mol. The zero-order valence-electron chi connectivity index (χ0n) is 11.9. The van der Waals surface area contributed by atoms with Crippen LogP contribution in [0.15, 0.2) is 0 Å². The van der Waals surface area contributed by atoms with Crippen LogP contribution < -0.4 is 10.2 Å². The van der Waals surface area contributed by atoms with E-state index in [-0.39, 0.29) is 11.9 Å². The second kappa shape index (κ2) is 5.92. The highest BCUT2D eigenvalue weighted by atomic mass is 31.2. The van der Waals surface area contributed by atoms with Gasteiger partial charge in [0.15, 0.2) is 0 Å². The molecule has 0 amide bonds. The lowest BCUT2D eigenvalue weighted by molar-refractivity contribution is -0.143. The highest BCUT2D eigenvalue weighted by Crippen LogP contribution is 2.50. The Morgan fingerprint density at radius 3 is 2.84 bits per heavy atom. The molecule has 6 nitrogen and oxygen atoms in total. The zero-order chi connectivity index (χ0) is 14.0. The molecule has 2 rings (SSSR count). The van der Waals surface area contributed by atoms with E-state index in [1.807, 2.05) is 18.5 Å². The summed E-state index contributed by atoms with van der Waals surface area (Å²) in [7, 11) is -1.48. The standard InChI is InChI=1S/C12H24N3O3P/c1-9(2)11(12(16)18-3)14-19(17)13-8-10-6-4-5-7-15(10)19/h9-11H,4-8H2,1-3H3,(H2,13,14,17). The molecular formula is C12H24N3O3P. The average molecular weight is 289 g/mol. The van der Waals surface area contributed by atoms with Gasteiger partial charge in [0, 0.05) is 19.1 Å². The molecule has 0 spiro atoms. The van der Waals surface area contributed by atoms with Gasteiger partial charge >= 0.3 is 5.97 Å². The minimum Gasteiger partial charge on any atom is -0.468 e. The maximum absolute atomic E-state index is 13.0. The van der Waals surface area contributed by atoms with Crippen LogP contribution in [0.5, 0.6) is 0 Å². The number of carbonyl (C=O) groups excluding carboxylic acids is 1. The van der Waals surface area contributed by atoms with Crippen LogP contribution in [-0.4, -0.2) is 42.9 Å². The highest BCUT2D eigenvalue weighted by Gasteiger charge is 2.45. The van der Waals surface area contributed by atoms with E-state index in [1.165, 1.54) is 13.5 Å². The minimum atomic E-state index is -2.85. The fraction of sp³-hybridized carbons (Fsp3) is 0.917. The summed E-state index contributed by atoms with van der Waals surface area (Å²) in [5.74, 6) is -0.323. The molecule has 2 aliphatic rings. The number of methoxy groups -OCH3 is 1. The van der Waals surface area contributed by atoms with Crippen molar-refractivity contribution < 1.29 is 14.1 Å². The highest BCUT2D eigenvalue weighted by molar-refractivity contribution is 7.57. The van der Waals surface area contributed by atoms with E-state index < -0.39 is 13.6 Å². The molecule has 2 N–H and O–H groups in total. The van der Waals surface area contributed by atoms with Crippen molar-refractivity contribution in [3.8, 4) is 0 Å². The molecule has 2 heterocycles. The first kappa shape index (κ1) is 15.0. The first-order valence-corrected chi connectivity index (χ1v) is 8.62. The number of hydrogen-bond donors (Lipinski definition) is 2. The van der Waals surface area contributed by atoms with E-state index in [2.05, 4.69) is 10.2 Å². The third-order valence-electron chi connectivity index (χ3n) is 3.93. The van der Waals surface area contributed by atoms with Crippen LogP contribution in [0.4, 0.5) is 0 Å². The predicted molar refractivity (Wildman–Crippen MR) is 73.7 cm³/mol. The Labute approximate surface area is 114 Å². The summed E-state index contributed by atoms with van der Waals surface area (Å²) >= 11 is 0. The number of esters is 1. The largest absolute Gasteiger partial charge is 0.468 e. The fourth-order valence-electron chi connectivity index (χ4n) is 2.79. The number of piperidine rings is 1. The summed E-state index contributed by atoms with van der Waals surface area (Å²) in [5, 5.41) is 6.14. The maximum Gasteiger partial charge on any atom is 0.323 e. The van der Waals surface area contributed by atoms with E-state index in [1.54, 1.807) is 0 Å². The lowest BCUT2D eigenvalue weighted by Gasteiger charge is -2.34. The first-order chi connectivity index (χ1) is 8.98. The average Bonchev–Trinajstić information content (AvgIpc) is 2.74. The van der Waals surface area contributed by atoms with Gasteiger partial charge in [-0.2, -0.15) is 0 Å². The number of rotatable bonds is 4. The van der Waals surface area contributed by atoms with Gasteiger partial charge in [0.2, 0.25) is 0 Å². The Balaban J connectivity index is 2.11. The van der Waals surface area contributed by atoms with Gasteiger partial charge in [0.25, 0.3) is 7.59 Å². The van der Waals surface area contributed by atoms with Crippen molar-refractivity contribution in [1.82, 2.24) is 14.8 Å². The number of nitrogens with zero attached hydrogens (tertiary/aromatic N) is 1. The van der Waals surface area contributed by atoms with E-state index in [9.17, 15) is 9.36 Å². The Kier molecular flexibility index (Phi) is 4.66. The summed E-state index contributed by atoms with van der Waals surface area (Å²) in [6, 6.07) is -0.207. The molecule has 0 aromatic rings. The number of nitrogens with one attached hydrogen (secondary N) is 2. The molecule has 2 aliphatic heterocycles. The van der Waals surface area contributed by atoms with Crippen LogP contribution in [0.1, 0.15) is 33.1 Å². The predicted octanol–water partition coefficient (Wildman–Crippen LogP) is 1.34. The summed E-state index contributed by atoms with van der Waals surface area (Å²) in [5.41, 5.74) is 0. The van der Waals surface area contributed by atoms with Gasteiger partial charge in [0.05, 0.1) is 7.11 Å². The van der Waals surface area contributed by atoms with Crippen LogP contribution in [-0.2, 0) is 14.1 Å². The minimum absolute atomic E-state index is 0.0314. The van der Waals surface area contributed by atoms with Gasteiger partial charge in [0.1, 0.15) is 6.04 Å².